The van der Waals surface area contributed by atoms with E-state index in [2.05, 4.69) is 5.32 Å². The van der Waals surface area contributed by atoms with Crippen LogP contribution in [0.5, 0.6) is 0 Å². The zero-order valence-corrected chi connectivity index (χ0v) is 11.6. The third-order valence-corrected chi connectivity index (χ3v) is 3.83. The number of carbonyl (C=O) groups excluding carboxylic acids is 1. The molecule has 3 rings (SSSR count). The molecule has 1 N–H and O–H groups in total. The van der Waals surface area contributed by atoms with Gasteiger partial charge < -0.3 is 5.32 Å². The summed E-state index contributed by atoms with van der Waals surface area (Å²) in [6.07, 6.45) is -3.59. The van der Waals surface area contributed by atoms with Gasteiger partial charge in [-0.05, 0) is 42.2 Å². The molecule has 0 aromatic heterocycles. The smallest absolute Gasteiger partial charge is 0.326 e. The van der Waals surface area contributed by atoms with Crippen LogP contribution in [-0.2, 0) is 11.0 Å². The number of carbonyl (C=O) groups is 1. The molecule has 2 nitrogen and oxygen atoms in total. The molecule has 1 aliphatic rings. The average Bonchev–Trinajstić information content (AvgIpc) is 3.28. The van der Waals surface area contributed by atoms with Crippen LogP contribution in [-0.4, -0.2) is 5.91 Å². The highest BCUT2D eigenvalue weighted by Gasteiger charge is 2.43. The van der Waals surface area contributed by atoms with Crippen LogP contribution in [0.4, 0.5) is 18.9 Å². The van der Waals surface area contributed by atoms with Crippen molar-refractivity contribution in [2.75, 3.05) is 5.32 Å². The lowest BCUT2D eigenvalue weighted by Gasteiger charge is -2.08. The number of rotatable bonds is 3. The zero-order valence-electron chi connectivity index (χ0n) is 11.6. The molecule has 1 fully saturated rings. The summed E-state index contributed by atoms with van der Waals surface area (Å²) in [6, 6.07) is 14.2. The number of hydrogen-bond donors (Lipinski definition) is 1. The molecule has 5 heteroatoms. The largest absolute Gasteiger partial charge is 0.416 e. The van der Waals surface area contributed by atoms with Crippen LogP contribution in [0.15, 0.2) is 54.6 Å². The maximum Gasteiger partial charge on any atom is 0.416 e. The molecule has 22 heavy (non-hydrogen) atoms. The normalized spacial score (nSPS) is 20.5. The third kappa shape index (κ3) is 3.13. The molecule has 0 radical (unpaired) electrons. The molecular weight excluding hydrogens is 291 g/mol. The van der Waals surface area contributed by atoms with Crippen LogP contribution < -0.4 is 5.32 Å². The molecule has 0 aliphatic heterocycles. The second-order valence-electron chi connectivity index (χ2n) is 5.42. The molecule has 0 spiro atoms. The van der Waals surface area contributed by atoms with E-state index in [0.717, 1.165) is 24.1 Å². The van der Waals surface area contributed by atoms with Crippen LogP contribution in [0.1, 0.15) is 23.5 Å². The van der Waals surface area contributed by atoms with Gasteiger partial charge in [-0.25, -0.2) is 0 Å². The Morgan fingerprint density at radius 3 is 2.23 bits per heavy atom. The van der Waals surface area contributed by atoms with Crippen LogP contribution in [0.2, 0.25) is 0 Å². The number of anilines is 1. The first kappa shape index (κ1) is 14.6. The van der Waals surface area contributed by atoms with Gasteiger partial charge in [-0.1, -0.05) is 30.3 Å². The standard InChI is InChI=1S/C17H14F3NO/c18-17(19,20)12-6-8-13(9-7-12)21-16(22)15-10-14(15)11-4-2-1-3-5-11/h1-9,14-15H,10H2,(H,21,22). The van der Waals surface area contributed by atoms with E-state index in [1.807, 2.05) is 30.3 Å². The predicted octanol–water partition coefficient (Wildman–Crippen LogP) is 4.45. The van der Waals surface area contributed by atoms with Crippen molar-refractivity contribution in [2.45, 2.75) is 18.5 Å². The van der Waals surface area contributed by atoms with Gasteiger partial charge in [0.1, 0.15) is 0 Å². The van der Waals surface area contributed by atoms with Crippen molar-refractivity contribution in [1.82, 2.24) is 0 Å². The maximum atomic E-state index is 12.5. The Bertz CT molecular complexity index is 665. The molecule has 1 saturated carbocycles. The maximum absolute atomic E-state index is 12.5. The first-order valence-electron chi connectivity index (χ1n) is 6.98. The van der Waals surface area contributed by atoms with Crippen molar-refractivity contribution < 1.29 is 18.0 Å². The lowest BCUT2D eigenvalue weighted by atomic mass is 10.1. The molecular formula is C17H14F3NO. The van der Waals surface area contributed by atoms with Gasteiger partial charge in [0.15, 0.2) is 0 Å². The number of amides is 1. The Hall–Kier alpha value is -2.30. The van der Waals surface area contributed by atoms with E-state index < -0.39 is 11.7 Å². The molecule has 2 aromatic rings. The number of benzene rings is 2. The Labute approximate surface area is 126 Å². The minimum Gasteiger partial charge on any atom is -0.326 e. The molecule has 2 unspecified atom stereocenters. The van der Waals surface area contributed by atoms with Crippen molar-refractivity contribution >= 4 is 11.6 Å². The van der Waals surface area contributed by atoms with Gasteiger partial charge in [-0.15, -0.1) is 0 Å². The molecule has 0 saturated heterocycles. The van der Waals surface area contributed by atoms with E-state index in [0.29, 0.717) is 5.69 Å². The SMILES string of the molecule is O=C(Nc1ccc(C(F)(F)F)cc1)C1CC1c1ccccc1. The van der Waals surface area contributed by atoms with Gasteiger partial charge >= 0.3 is 6.18 Å². The summed E-state index contributed by atoms with van der Waals surface area (Å²) in [5.74, 6) is -0.0473. The highest BCUT2D eigenvalue weighted by molar-refractivity contribution is 5.95. The van der Waals surface area contributed by atoms with Crippen LogP contribution in [0.25, 0.3) is 0 Å². The summed E-state index contributed by atoms with van der Waals surface area (Å²) in [4.78, 5) is 12.1. The lowest BCUT2D eigenvalue weighted by molar-refractivity contribution is -0.137. The van der Waals surface area contributed by atoms with E-state index >= 15 is 0 Å². The monoisotopic (exact) mass is 305 g/mol. The van der Waals surface area contributed by atoms with E-state index in [-0.39, 0.29) is 17.7 Å². The summed E-state index contributed by atoms with van der Waals surface area (Å²) in [7, 11) is 0. The predicted molar refractivity (Wildman–Crippen MR) is 77.4 cm³/mol. The van der Waals surface area contributed by atoms with E-state index in [9.17, 15) is 18.0 Å². The van der Waals surface area contributed by atoms with Crippen LogP contribution in [0.3, 0.4) is 0 Å². The third-order valence-electron chi connectivity index (χ3n) is 3.83. The van der Waals surface area contributed by atoms with E-state index in [4.69, 9.17) is 0 Å². The quantitative estimate of drug-likeness (QED) is 0.892. The first-order valence-corrected chi connectivity index (χ1v) is 6.98. The zero-order chi connectivity index (χ0) is 15.7. The second-order valence-corrected chi connectivity index (χ2v) is 5.42. The van der Waals surface area contributed by atoms with Crippen molar-refractivity contribution in [1.29, 1.82) is 0 Å². The van der Waals surface area contributed by atoms with Crippen molar-refractivity contribution in [3.8, 4) is 0 Å². The molecule has 114 valence electrons. The lowest BCUT2D eigenvalue weighted by Crippen LogP contribution is -2.14. The summed E-state index contributed by atoms with van der Waals surface area (Å²) >= 11 is 0. The highest BCUT2D eigenvalue weighted by Crippen LogP contribution is 2.47. The summed E-state index contributed by atoms with van der Waals surface area (Å²) < 4.78 is 37.4. The number of nitrogens with one attached hydrogen (secondary N) is 1. The summed E-state index contributed by atoms with van der Waals surface area (Å²) in [5, 5.41) is 2.68. The van der Waals surface area contributed by atoms with Crippen molar-refractivity contribution in [2.24, 2.45) is 5.92 Å². The fourth-order valence-electron chi connectivity index (χ4n) is 2.53. The Morgan fingerprint density at radius 1 is 1.00 bits per heavy atom. The fraction of sp³-hybridized carbons (Fsp3) is 0.235. The number of hydrogen-bond acceptors (Lipinski definition) is 1. The Balaban J connectivity index is 1.61. The minimum absolute atomic E-state index is 0.107. The second kappa shape index (κ2) is 5.48. The van der Waals surface area contributed by atoms with E-state index in [1.54, 1.807) is 0 Å². The molecule has 0 heterocycles. The topological polar surface area (TPSA) is 29.1 Å². The molecule has 1 amide bonds. The van der Waals surface area contributed by atoms with Gasteiger partial charge in [0.25, 0.3) is 0 Å². The van der Waals surface area contributed by atoms with Gasteiger partial charge in [-0.2, -0.15) is 13.2 Å². The molecule has 2 atom stereocenters. The van der Waals surface area contributed by atoms with Crippen molar-refractivity contribution in [3.63, 3.8) is 0 Å². The van der Waals surface area contributed by atoms with Crippen LogP contribution in [0, 0.1) is 5.92 Å². The number of halogens is 3. The van der Waals surface area contributed by atoms with Gasteiger partial charge in [0, 0.05) is 11.6 Å². The Morgan fingerprint density at radius 2 is 1.64 bits per heavy atom. The average molecular weight is 305 g/mol. The van der Waals surface area contributed by atoms with Gasteiger partial charge in [0.2, 0.25) is 5.91 Å². The van der Waals surface area contributed by atoms with Crippen LogP contribution >= 0.6 is 0 Å². The number of alkyl halides is 3. The van der Waals surface area contributed by atoms with Gasteiger partial charge in [-0.3, -0.25) is 4.79 Å². The molecule has 1 aliphatic carbocycles. The molecule has 2 aromatic carbocycles. The van der Waals surface area contributed by atoms with Crippen molar-refractivity contribution in [3.05, 3.63) is 65.7 Å². The van der Waals surface area contributed by atoms with E-state index in [1.165, 1.54) is 12.1 Å². The van der Waals surface area contributed by atoms with Gasteiger partial charge in [0.05, 0.1) is 5.56 Å². The summed E-state index contributed by atoms with van der Waals surface area (Å²) in [5.41, 5.74) is 0.783. The Kier molecular flexibility index (Phi) is 3.64. The fourth-order valence-corrected chi connectivity index (χ4v) is 2.53. The summed E-state index contributed by atoms with van der Waals surface area (Å²) in [6.45, 7) is 0. The molecule has 0 bridgehead atoms. The minimum atomic E-state index is -4.36. The first-order chi connectivity index (χ1) is 10.4. The highest BCUT2D eigenvalue weighted by atomic mass is 19.4.